The van der Waals surface area contributed by atoms with Gasteiger partial charge in [0.1, 0.15) is 23.6 Å². The minimum Gasteiger partial charge on any atom is -0.455 e. The Morgan fingerprint density at radius 3 is 1.72 bits per heavy atom. The van der Waals surface area contributed by atoms with Gasteiger partial charge in [-0.2, -0.15) is 0 Å². The molecule has 0 amide bonds. The molecule has 0 spiro atoms. The van der Waals surface area contributed by atoms with Crippen molar-refractivity contribution in [2.75, 3.05) is 39.6 Å². The summed E-state index contributed by atoms with van der Waals surface area (Å²) in [5.41, 5.74) is 0.0734. The van der Waals surface area contributed by atoms with Crippen LogP contribution in [0.2, 0.25) is 0 Å². The molecule has 0 fully saturated rings. The second kappa shape index (κ2) is 10.1. The number of nitrogens with zero attached hydrogens (tertiary/aromatic N) is 1. The number of carbonyl (C=O) groups is 2. The number of rotatable bonds is 0. The summed E-state index contributed by atoms with van der Waals surface area (Å²) in [7, 11) is 0. The molecule has 2 unspecified atom stereocenters. The van der Waals surface area contributed by atoms with Crippen molar-refractivity contribution in [3.05, 3.63) is 29.6 Å². The van der Waals surface area contributed by atoms with Gasteiger partial charge in [0.05, 0.1) is 39.6 Å². The standard InChI is InChI=1S/C17H23NO7/c1-12-10-22-8-6-21-7-9-23-11-13(2)25-17(20)15-5-3-4-14(18-15)16(19)24-12/h3-5,12-13H,6-11H2,1-2H3. The van der Waals surface area contributed by atoms with Crippen LogP contribution in [0.1, 0.15) is 34.8 Å². The van der Waals surface area contributed by atoms with E-state index in [9.17, 15) is 9.59 Å². The fourth-order valence-electron chi connectivity index (χ4n) is 2.05. The van der Waals surface area contributed by atoms with Crippen molar-refractivity contribution in [1.82, 2.24) is 4.98 Å². The third kappa shape index (κ3) is 6.77. The molecular formula is C17H23NO7. The Balaban J connectivity index is 2.06. The number of fused-ring (bicyclic) bond motifs is 2. The van der Waals surface area contributed by atoms with E-state index in [-0.39, 0.29) is 24.6 Å². The zero-order valence-corrected chi connectivity index (χ0v) is 14.4. The molecule has 2 bridgehead atoms. The van der Waals surface area contributed by atoms with Crippen LogP contribution in [-0.2, 0) is 23.7 Å². The van der Waals surface area contributed by atoms with Crippen molar-refractivity contribution in [2.45, 2.75) is 26.1 Å². The molecule has 1 aromatic rings. The molecule has 138 valence electrons. The van der Waals surface area contributed by atoms with E-state index in [1.54, 1.807) is 19.9 Å². The quantitative estimate of drug-likeness (QED) is 0.643. The lowest BCUT2D eigenvalue weighted by Gasteiger charge is -2.15. The first-order valence-electron chi connectivity index (χ1n) is 8.18. The Labute approximate surface area is 146 Å². The molecule has 2 heterocycles. The van der Waals surface area contributed by atoms with Crippen LogP contribution >= 0.6 is 0 Å². The van der Waals surface area contributed by atoms with Crippen LogP contribution in [0.4, 0.5) is 0 Å². The number of hydrogen-bond donors (Lipinski definition) is 0. The van der Waals surface area contributed by atoms with Crippen molar-refractivity contribution in [3.63, 3.8) is 0 Å². The number of cyclic esters (lactones) is 2. The Morgan fingerprint density at radius 2 is 1.24 bits per heavy atom. The van der Waals surface area contributed by atoms with Gasteiger partial charge >= 0.3 is 11.9 Å². The van der Waals surface area contributed by atoms with Crippen LogP contribution in [0, 0.1) is 0 Å². The summed E-state index contributed by atoms with van der Waals surface area (Å²) < 4.78 is 26.6. The third-order valence-corrected chi connectivity index (χ3v) is 3.23. The lowest BCUT2D eigenvalue weighted by molar-refractivity contribution is -0.0300. The highest BCUT2D eigenvalue weighted by Gasteiger charge is 2.18. The highest BCUT2D eigenvalue weighted by atomic mass is 16.6. The molecule has 1 aliphatic heterocycles. The van der Waals surface area contributed by atoms with Crippen molar-refractivity contribution in [1.29, 1.82) is 0 Å². The van der Waals surface area contributed by atoms with Crippen LogP contribution in [-0.4, -0.2) is 68.8 Å². The van der Waals surface area contributed by atoms with E-state index >= 15 is 0 Å². The number of hydrogen-bond acceptors (Lipinski definition) is 8. The van der Waals surface area contributed by atoms with Crippen molar-refractivity contribution < 1.29 is 33.3 Å². The third-order valence-electron chi connectivity index (χ3n) is 3.23. The lowest BCUT2D eigenvalue weighted by atomic mass is 10.3. The van der Waals surface area contributed by atoms with E-state index in [0.717, 1.165) is 0 Å². The predicted octanol–water partition coefficient (Wildman–Crippen LogP) is 1.24. The molecule has 8 heteroatoms. The molecule has 1 aromatic heterocycles. The number of ether oxygens (including phenoxy) is 5. The SMILES string of the molecule is CC1COCCOCCOCC(C)OC(=O)c2cccc(n2)C(=O)O1. The van der Waals surface area contributed by atoms with Gasteiger partial charge in [-0.05, 0) is 26.0 Å². The minimum absolute atomic E-state index is 0.0367. The smallest absolute Gasteiger partial charge is 0.357 e. The number of esters is 2. The van der Waals surface area contributed by atoms with Gasteiger partial charge in [0.25, 0.3) is 0 Å². The van der Waals surface area contributed by atoms with Crippen LogP contribution in [0.25, 0.3) is 0 Å². The van der Waals surface area contributed by atoms with E-state index < -0.39 is 24.1 Å². The number of aromatic nitrogens is 1. The second-order valence-electron chi connectivity index (χ2n) is 5.60. The first-order chi connectivity index (χ1) is 12.1. The van der Waals surface area contributed by atoms with Gasteiger partial charge in [-0.1, -0.05) is 6.07 Å². The Morgan fingerprint density at radius 1 is 0.800 bits per heavy atom. The van der Waals surface area contributed by atoms with Crippen molar-refractivity contribution in [2.24, 2.45) is 0 Å². The van der Waals surface area contributed by atoms with Gasteiger partial charge in [0, 0.05) is 0 Å². The Bertz CT molecular complexity index is 533. The topological polar surface area (TPSA) is 93.2 Å². The maximum atomic E-state index is 12.1. The second-order valence-corrected chi connectivity index (χ2v) is 5.60. The molecule has 25 heavy (non-hydrogen) atoms. The zero-order valence-electron chi connectivity index (χ0n) is 14.4. The summed E-state index contributed by atoms with van der Waals surface area (Å²) >= 11 is 0. The predicted molar refractivity (Wildman–Crippen MR) is 86.4 cm³/mol. The van der Waals surface area contributed by atoms with Gasteiger partial charge in [-0.15, -0.1) is 0 Å². The molecule has 0 saturated heterocycles. The maximum absolute atomic E-state index is 12.1. The largest absolute Gasteiger partial charge is 0.455 e. The summed E-state index contributed by atoms with van der Waals surface area (Å²) in [6.45, 7) is 5.52. The zero-order chi connectivity index (χ0) is 18.1. The van der Waals surface area contributed by atoms with E-state index in [0.29, 0.717) is 26.4 Å². The number of carbonyl (C=O) groups excluding carboxylic acids is 2. The summed E-state index contributed by atoms with van der Waals surface area (Å²) in [6.07, 6.45) is -0.903. The highest BCUT2D eigenvalue weighted by Crippen LogP contribution is 2.07. The van der Waals surface area contributed by atoms with Gasteiger partial charge < -0.3 is 23.7 Å². The minimum atomic E-state index is -0.625. The first-order valence-corrected chi connectivity index (χ1v) is 8.18. The normalized spacial score (nSPS) is 24.6. The molecule has 0 N–H and O–H groups in total. The van der Waals surface area contributed by atoms with Gasteiger partial charge in [-0.25, -0.2) is 14.6 Å². The van der Waals surface area contributed by atoms with Crippen molar-refractivity contribution in [3.8, 4) is 0 Å². The molecule has 8 nitrogen and oxygen atoms in total. The average Bonchev–Trinajstić information content (AvgIpc) is 2.59. The molecular weight excluding hydrogens is 330 g/mol. The molecule has 0 radical (unpaired) electrons. The molecule has 2 atom stereocenters. The Hall–Kier alpha value is -2.03. The summed E-state index contributed by atoms with van der Waals surface area (Å²) in [4.78, 5) is 28.2. The van der Waals surface area contributed by atoms with Crippen molar-refractivity contribution >= 4 is 11.9 Å². The lowest BCUT2D eigenvalue weighted by Crippen LogP contribution is -2.25. The molecule has 1 aliphatic rings. The molecule has 2 rings (SSSR count). The van der Waals surface area contributed by atoms with Gasteiger partial charge in [0.15, 0.2) is 0 Å². The summed E-state index contributed by atoms with van der Waals surface area (Å²) in [5, 5.41) is 0. The van der Waals surface area contributed by atoms with Crippen LogP contribution in [0.5, 0.6) is 0 Å². The number of pyridine rings is 1. The monoisotopic (exact) mass is 353 g/mol. The summed E-state index contributed by atoms with van der Waals surface area (Å²) in [6, 6.07) is 4.51. The van der Waals surface area contributed by atoms with E-state index in [1.165, 1.54) is 12.1 Å². The van der Waals surface area contributed by atoms with E-state index in [1.807, 2.05) is 0 Å². The average molecular weight is 353 g/mol. The highest BCUT2D eigenvalue weighted by molar-refractivity contribution is 5.91. The maximum Gasteiger partial charge on any atom is 0.357 e. The van der Waals surface area contributed by atoms with Gasteiger partial charge in [0.2, 0.25) is 0 Å². The molecule has 0 saturated carbocycles. The van der Waals surface area contributed by atoms with Gasteiger partial charge in [-0.3, -0.25) is 0 Å². The summed E-state index contributed by atoms with van der Waals surface area (Å²) in [5.74, 6) is -1.25. The Kier molecular flexibility index (Phi) is 7.77. The fraction of sp³-hybridized carbons (Fsp3) is 0.588. The van der Waals surface area contributed by atoms with E-state index in [4.69, 9.17) is 23.7 Å². The van der Waals surface area contributed by atoms with Crippen LogP contribution < -0.4 is 0 Å². The molecule has 0 aromatic carbocycles. The first kappa shape index (κ1) is 19.3. The van der Waals surface area contributed by atoms with Crippen LogP contribution in [0.15, 0.2) is 18.2 Å². The molecule has 0 aliphatic carbocycles. The van der Waals surface area contributed by atoms with E-state index in [2.05, 4.69) is 4.98 Å². The van der Waals surface area contributed by atoms with Crippen LogP contribution in [0.3, 0.4) is 0 Å². The fourth-order valence-corrected chi connectivity index (χ4v) is 2.05.